The minimum atomic E-state index is 0.00357. The molecule has 1 aromatic heterocycles. The summed E-state index contributed by atoms with van der Waals surface area (Å²) in [6, 6.07) is 5.70. The van der Waals surface area contributed by atoms with Crippen LogP contribution in [0.25, 0.3) is 0 Å². The predicted octanol–water partition coefficient (Wildman–Crippen LogP) is 0.477. The molecule has 2 bridgehead atoms. The molecule has 0 N–H and O–H groups in total. The highest BCUT2D eigenvalue weighted by Gasteiger charge is 2.38. The zero-order valence-electron chi connectivity index (χ0n) is 15.0. The lowest BCUT2D eigenvalue weighted by atomic mass is 9.95. The molecule has 2 atom stereocenters. The number of morpholine rings is 1. The first kappa shape index (κ1) is 17.4. The van der Waals surface area contributed by atoms with Crippen LogP contribution in [0.2, 0.25) is 0 Å². The van der Waals surface area contributed by atoms with E-state index in [4.69, 9.17) is 4.74 Å². The van der Waals surface area contributed by atoms with Crippen LogP contribution in [0.3, 0.4) is 0 Å². The van der Waals surface area contributed by atoms with Crippen molar-refractivity contribution in [1.29, 1.82) is 0 Å². The molecule has 2 amide bonds. The van der Waals surface area contributed by atoms with Crippen LogP contribution < -0.4 is 0 Å². The molecule has 140 valence electrons. The summed E-state index contributed by atoms with van der Waals surface area (Å²) in [7, 11) is 0. The summed E-state index contributed by atoms with van der Waals surface area (Å²) in [5.74, 6) is 0.617. The van der Waals surface area contributed by atoms with Crippen LogP contribution in [-0.4, -0.2) is 90.0 Å². The fourth-order valence-corrected chi connectivity index (χ4v) is 4.28. The third-order valence-corrected chi connectivity index (χ3v) is 5.70. The van der Waals surface area contributed by atoms with Crippen molar-refractivity contribution < 1.29 is 14.3 Å². The molecule has 26 heavy (non-hydrogen) atoms. The standard InChI is InChI=1S/C19H26N4O3/c24-18(21-7-9-26-10-8-21)14-22-11-15-4-5-16(22)13-23(12-15)19(25)17-3-1-2-6-20-17/h1-3,6,15-16H,4-5,7-14H2/t15-,16-/m1/s1. The van der Waals surface area contributed by atoms with E-state index in [1.54, 1.807) is 12.3 Å². The largest absolute Gasteiger partial charge is 0.378 e. The van der Waals surface area contributed by atoms with Crippen molar-refractivity contribution in [3.63, 3.8) is 0 Å². The van der Waals surface area contributed by atoms with Gasteiger partial charge < -0.3 is 14.5 Å². The van der Waals surface area contributed by atoms with E-state index < -0.39 is 0 Å². The first-order valence-electron chi connectivity index (χ1n) is 9.50. The Kier molecular flexibility index (Phi) is 5.17. The minimum absolute atomic E-state index is 0.00357. The number of amides is 2. The lowest BCUT2D eigenvalue weighted by Crippen LogP contribution is -2.51. The Balaban J connectivity index is 1.41. The van der Waals surface area contributed by atoms with Gasteiger partial charge in [-0.1, -0.05) is 6.07 Å². The van der Waals surface area contributed by atoms with E-state index in [9.17, 15) is 9.59 Å². The molecule has 0 saturated carbocycles. The van der Waals surface area contributed by atoms with E-state index in [0.717, 1.165) is 25.9 Å². The highest BCUT2D eigenvalue weighted by atomic mass is 16.5. The van der Waals surface area contributed by atoms with Gasteiger partial charge in [0, 0.05) is 45.0 Å². The summed E-state index contributed by atoms with van der Waals surface area (Å²) < 4.78 is 5.33. The predicted molar refractivity (Wildman–Crippen MR) is 95.6 cm³/mol. The van der Waals surface area contributed by atoms with Gasteiger partial charge in [0.1, 0.15) is 5.69 Å². The van der Waals surface area contributed by atoms with E-state index in [1.165, 1.54) is 0 Å². The first-order valence-corrected chi connectivity index (χ1v) is 9.50. The summed E-state index contributed by atoms with van der Waals surface area (Å²) >= 11 is 0. The van der Waals surface area contributed by atoms with Crippen molar-refractivity contribution in [2.24, 2.45) is 5.92 Å². The SMILES string of the molecule is O=C(CN1C[C@H]2CC[C@@H]1CN(C(=O)c1ccccn1)C2)N1CCOCC1. The molecule has 0 spiro atoms. The third-order valence-electron chi connectivity index (χ3n) is 5.70. The lowest BCUT2D eigenvalue weighted by Gasteiger charge is -2.37. The number of hydrogen-bond acceptors (Lipinski definition) is 5. The number of pyridine rings is 1. The van der Waals surface area contributed by atoms with Gasteiger partial charge >= 0.3 is 0 Å². The molecule has 1 aromatic rings. The number of aromatic nitrogens is 1. The molecular formula is C19H26N4O3. The molecule has 7 heteroatoms. The maximum atomic E-state index is 12.8. The van der Waals surface area contributed by atoms with Crippen molar-refractivity contribution in [3.05, 3.63) is 30.1 Å². The van der Waals surface area contributed by atoms with Crippen LogP contribution in [0.5, 0.6) is 0 Å². The Labute approximate surface area is 153 Å². The number of carbonyl (C=O) groups excluding carboxylic acids is 2. The van der Waals surface area contributed by atoms with Crippen LogP contribution in [0.1, 0.15) is 23.3 Å². The number of ether oxygens (including phenoxy) is 1. The molecule has 0 radical (unpaired) electrons. The van der Waals surface area contributed by atoms with Crippen LogP contribution in [0.15, 0.2) is 24.4 Å². The van der Waals surface area contributed by atoms with Gasteiger partial charge in [-0.25, -0.2) is 0 Å². The topological polar surface area (TPSA) is 66.0 Å². The van der Waals surface area contributed by atoms with Crippen molar-refractivity contribution in [3.8, 4) is 0 Å². The summed E-state index contributed by atoms with van der Waals surface area (Å²) in [5, 5.41) is 0. The number of carbonyl (C=O) groups is 2. The van der Waals surface area contributed by atoms with Gasteiger partial charge in [0.2, 0.25) is 5.91 Å². The molecule has 4 aliphatic heterocycles. The molecule has 7 nitrogen and oxygen atoms in total. The number of rotatable bonds is 3. The molecular weight excluding hydrogens is 332 g/mol. The van der Waals surface area contributed by atoms with E-state index in [2.05, 4.69) is 9.88 Å². The monoisotopic (exact) mass is 358 g/mol. The Bertz CT molecular complexity index is 647. The molecule has 0 aromatic carbocycles. The number of piperidine rings is 1. The maximum absolute atomic E-state index is 12.8. The number of nitrogens with zero attached hydrogens (tertiary/aromatic N) is 4. The van der Waals surface area contributed by atoms with E-state index in [1.807, 2.05) is 21.9 Å². The van der Waals surface area contributed by atoms with Gasteiger partial charge in [-0.3, -0.25) is 19.5 Å². The first-order chi connectivity index (χ1) is 12.7. The normalized spacial score (nSPS) is 26.6. The molecule has 4 saturated heterocycles. The Morgan fingerprint density at radius 1 is 1.08 bits per heavy atom. The summed E-state index contributed by atoms with van der Waals surface area (Å²) in [5.41, 5.74) is 0.504. The minimum Gasteiger partial charge on any atom is -0.378 e. The molecule has 5 rings (SSSR count). The second kappa shape index (κ2) is 7.72. The van der Waals surface area contributed by atoms with Crippen LogP contribution in [-0.2, 0) is 9.53 Å². The van der Waals surface area contributed by atoms with Crippen LogP contribution in [0, 0.1) is 5.92 Å². The number of fused-ring (bicyclic) bond motifs is 4. The van der Waals surface area contributed by atoms with Gasteiger partial charge in [-0.05, 0) is 30.9 Å². The molecule has 5 heterocycles. The Morgan fingerprint density at radius 3 is 2.69 bits per heavy atom. The number of hydrogen-bond donors (Lipinski definition) is 0. The molecule has 0 unspecified atom stereocenters. The summed E-state index contributed by atoms with van der Waals surface area (Å²) in [4.78, 5) is 35.8. The average Bonchev–Trinajstić information content (AvgIpc) is 3.00. The average molecular weight is 358 g/mol. The second-order valence-corrected chi connectivity index (χ2v) is 7.44. The van der Waals surface area contributed by atoms with Gasteiger partial charge in [-0.2, -0.15) is 0 Å². The molecule has 4 aliphatic rings. The van der Waals surface area contributed by atoms with E-state index >= 15 is 0 Å². The molecule has 4 fully saturated rings. The Hall–Kier alpha value is -1.99. The summed E-state index contributed by atoms with van der Waals surface area (Å²) in [6.07, 6.45) is 3.83. The van der Waals surface area contributed by atoms with Gasteiger partial charge in [0.15, 0.2) is 0 Å². The van der Waals surface area contributed by atoms with Gasteiger partial charge in [0.25, 0.3) is 5.91 Å². The lowest BCUT2D eigenvalue weighted by molar-refractivity contribution is -0.137. The fourth-order valence-electron chi connectivity index (χ4n) is 4.28. The highest BCUT2D eigenvalue weighted by Crippen LogP contribution is 2.28. The van der Waals surface area contributed by atoms with Crippen molar-refractivity contribution in [2.75, 3.05) is 52.5 Å². The molecule has 0 aliphatic carbocycles. The quantitative estimate of drug-likeness (QED) is 0.786. The van der Waals surface area contributed by atoms with Gasteiger partial charge in [-0.15, -0.1) is 0 Å². The van der Waals surface area contributed by atoms with Gasteiger partial charge in [0.05, 0.1) is 19.8 Å². The Morgan fingerprint density at radius 2 is 1.92 bits per heavy atom. The summed E-state index contributed by atoms with van der Waals surface area (Å²) in [6.45, 7) is 5.42. The van der Waals surface area contributed by atoms with E-state index in [-0.39, 0.29) is 17.9 Å². The van der Waals surface area contributed by atoms with Crippen molar-refractivity contribution in [1.82, 2.24) is 19.7 Å². The van der Waals surface area contributed by atoms with Crippen LogP contribution in [0.4, 0.5) is 0 Å². The second-order valence-electron chi connectivity index (χ2n) is 7.44. The van der Waals surface area contributed by atoms with Crippen molar-refractivity contribution in [2.45, 2.75) is 18.9 Å². The van der Waals surface area contributed by atoms with E-state index in [0.29, 0.717) is 51.0 Å². The fraction of sp³-hybridized carbons (Fsp3) is 0.632. The van der Waals surface area contributed by atoms with Crippen LogP contribution >= 0.6 is 0 Å². The zero-order chi connectivity index (χ0) is 17.9. The third kappa shape index (κ3) is 3.73. The van der Waals surface area contributed by atoms with Crippen molar-refractivity contribution >= 4 is 11.8 Å². The maximum Gasteiger partial charge on any atom is 0.272 e. The smallest absolute Gasteiger partial charge is 0.272 e. The zero-order valence-corrected chi connectivity index (χ0v) is 15.0. The highest BCUT2D eigenvalue weighted by molar-refractivity contribution is 5.92.